The molecule has 122 valence electrons. The molecule has 0 spiro atoms. The second kappa shape index (κ2) is 7.28. The number of carbonyl (C=O) groups excluding carboxylic acids is 2. The van der Waals surface area contributed by atoms with Gasteiger partial charge in [-0.25, -0.2) is 4.79 Å². The minimum atomic E-state index is -0.337. The van der Waals surface area contributed by atoms with Gasteiger partial charge in [0, 0.05) is 29.4 Å². The van der Waals surface area contributed by atoms with Crippen LogP contribution in [0, 0.1) is 6.92 Å². The molecule has 0 saturated heterocycles. The summed E-state index contributed by atoms with van der Waals surface area (Å²) < 4.78 is 0. The average Bonchev–Trinajstić information content (AvgIpc) is 2.83. The van der Waals surface area contributed by atoms with Gasteiger partial charge in [0.2, 0.25) is 0 Å². The van der Waals surface area contributed by atoms with Gasteiger partial charge in [0.15, 0.2) is 5.78 Å². The first kappa shape index (κ1) is 17.0. The summed E-state index contributed by atoms with van der Waals surface area (Å²) >= 11 is 6.02. The van der Waals surface area contributed by atoms with Gasteiger partial charge < -0.3 is 10.6 Å². The van der Waals surface area contributed by atoms with Crippen LogP contribution in [0.2, 0.25) is 5.02 Å². The summed E-state index contributed by atoms with van der Waals surface area (Å²) in [6.07, 6.45) is 0.627. The molecule has 1 aromatic carbocycles. The van der Waals surface area contributed by atoms with Crippen molar-refractivity contribution in [2.75, 3.05) is 5.32 Å². The maximum atomic E-state index is 12.0. The first-order valence-corrected chi connectivity index (χ1v) is 7.62. The fourth-order valence-corrected chi connectivity index (χ4v) is 2.53. The Bertz CT molecular complexity index is 727. The van der Waals surface area contributed by atoms with Crippen molar-refractivity contribution in [3.8, 4) is 0 Å². The fraction of sp³-hybridized carbons (Fsp3) is 0.312. The van der Waals surface area contributed by atoms with Gasteiger partial charge in [0.05, 0.1) is 10.7 Å². The number of H-pyrrole nitrogens is 1. The summed E-state index contributed by atoms with van der Waals surface area (Å²) in [6.45, 7) is 5.27. The average molecular weight is 335 g/mol. The van der Waals surface area contributed by atoms with Crippen LogP contribution in [0.15, 0.2) is 24.3 Å². The molecular weight excluding hydrogens is 316 g/mol. The lowest BCUT2D eigenvalue weighted by Crippen LogP contribution is -2.37. The van der Waals surface area contributed by atoms with Crippen LogP contribution in [0.1, 0.15) is 35.6 Å². The number of hydrogen-bond acceptors (Lipinski definition) is 3. The zero-order valence-corrected chi connectivity index (χ0v) is 14.0. The van der Waals surface area contributed by atoms with Crippen LogP contribution < -0.4 is 10.6 Å². The SMILES string of the molecule is CC(=O)c1ccc(NC(=O)N[C@@H](C)Cc2cc(C)[nH]n2)cc1Cl. The molecule has 0 aliphatic rings. The van der Waals surface area contributed by atoms with Gasteiger partial charge in [-0.3, -0.25) is 9.89 Å². The molecule has 0 fully saturated rings. The topological polar surface area (TPSA) is 86.9 Å². The number of nitrogens with zero attached hydrogens (tertiary/aromatic N) is 1. The third-order valence-corrected chi connectivity index (χ3v) is 3.57. The molecule has 0 unspecified atom stereocenters. The summed E-state index contributed by atoms with van der Waals surface area (Å²) in [5.74, 6) is -0.117. The van der Waals surface area contributed by atoms with Gasteiger partial charge >= 0.3 is 6.03 Å². The minimum Gasteiger partial charge on any atom is -0.335 e. The van der Waals surface area contributed by atoms with Crippen LogP contribution in [0.3, 0.4) is 0 Å². The molecule has 2 amide bonds. The number of anilines is 1. The number of aromatic nitrogens is 2. The Morgan fingerprint density at radius 2 is 2.09 bits per heavy atom. The summed E-state index contributed by atoms with van der Waals surface area (Å²) in [7, 11) is 0. The number of ketones is 1. The minimum absolute atomic E-state index is 0.0790. The first-order chi connectivity index (χ1) is 10.8. The van der Waals surface area contributed by atoms with Crippen LogP contribution in [0.25, 0.3) is 0 Å². The largest absolute Gasteiger partial charge is 0.335 e. The standard InChI is InChI=1S/C16H19ClN4O2/c1-9(6-13-7-10(2)20-21-13)18-16(23)19-12-4-5-14(11(3)22)15(17)8-12/h4-5,7-9H,6H2,1-3H3,(H,20,21)(H2,18,19,23)/t9-/m0/s1. The van der Waals surface area contributed by atoms with Gasteiger partial charge in [-0.2, -0.15) is 5.10 Å². The van der Waals surface area contributed by atoms with E-state index in [2.05, 4.69) is 20.8 Å². The zero-order chi connectivity index (χ0) is 17.0. The van der Waals surface area contributed by atoms with Gasteiger partial charge in [0.1, 0.15) is 0 Å². The van der Waals surface area contributed by atoms with Crippen molar-refractivity contribution in [3.05, 3.63) is 46.2 Å². The van der Waals surface area contributed by atoms with E-state index < -0.39 is 0 Å². The molecule has 1 atom stereocenters. The molecule has 3 N–H and O–H groups in total. The summed E-state index contributed by atoms with van der Waals surface area (Å²) in [6, 6.07) is 6.32. The van der Waals surface area contributed by atoms with Crippen molar-refractivity contribution in [3.63, 3.8) is 0 Å². The van der Waals surface area contributed by atoms with Crippen molar-refractivity contribution in [2.45, 2.75) is 33.2 Å². The lowest BCUT2D eigenvalue weighted by molar-refractivity contribution is 0.101. The number of hydrogen-bond donors (Lipinski definition) is 3. The highest BCUT2D eigenvalue weighted by atomic mass is 35.5. The molecule has 0 aliphatic heterocycles. The summed E-state index contributed by atoms with van der Waals surface area (Å²) in [5.41, 5.74) is 2.83. The first-order valence-electron chi connectivity index (χ1n) is 7.24. The van der Waals surface area contributed by atoms with Gasteiger partial charge in [-0.15, -0.1) is 0 Å². The number of urea groups is 1. The van der Waals surface area contributed by atoms with Crippen molar-refractivity contribution in [1.82, 2.24) is 15.5 Å². The van der Waals surface area contributed by atoms with E-state index >= 15 is 0 Å². The van der Waals surface area contributed by atoms with Crippen molar-refractivity contribution in [1.29, 1.82) is 0 Å². The molecule has 23 heavy (non-hydrogen) atoms. The molecule has 0 radical (unpaired) electrons. The fourth-order valence-electron chi connectivity index (χ4n) is 2.21. The molecule has 0 bridgehead atoms. The molecular formula is C16H19ClN4O2. The quantitative estimate of drug-likeness (QED) is 0.733. The van der Waals surface area contributed by atoms with E-state index in [0.29, 0.717) is 22.7 Å². The number of aromatic amines is 1. The predicted molar refractivity (Wildman–Crippen MR) is 90.1 cm³/mol. The Hall–Kier alpha value is -2.34. The highest BCUT2D eigenvalue weighted by molar-refractivity contribution is 6.34. The maximum Gasteiger partial charge on any atom is 0.319 e. The van der Waals surface area contributed by atoms with E-state index in [9.17, 15) is 9.59 Å². The van der Waals surface area contributed by atoms with E-state index in [0.717, 1.165) is 11.4 Å². The molecule has 2 aromatic rings. The van der Waals surface area contributed by atoms with E-state index in [4.69, 9.17) is 11.6 Å². The number of benzene rings is 1. The molecule has 0 saturated carbocycles. The van der Waals surface area contributed by atoms with Crippen LogP contribution in [0.4, 0.5) is 10.5 Å². The third-order valence-electron chi connectivity index (χ3n) is 3.26. The van der Waals surface area contributed by atoms with E-state index in [1.54, 1.807) is 18.2 Å². The number of rotatable bonds is 5. The van der Waals surface area contributed by atoms with E-state index in [1.807, 2.05) is 19.9 Å². The van der Waals surface area contributed by atoms with Gasteiger partial charge in [0.25, 0.3) is 0 Å². The molecule has 7 heteroatoms. The highest BCUT2D eigenvalue weighted by Gasteiger charge is 2.11. The molecule has 1 aromatic heterocycles. The molecule has 2 rings (SSSR count). The van der Waals surface area contributed by atoms with Crippen LogP contribution >= 0.6 is 11.6 Å². The Balaban J connectivity index is 1.91. The Kier molecular flexibility index (Phi) is 5.39. The van der Waals surface area contributed by atoms with Crippen LogP contribution in [0.5, 0.6) is 0 Å². The maximum absolute atomic E-state index is 12.0. The van der Waals surface area contributed by atoms with Crippen molar-refractivity contribution < 1.29 is 9.59 Å². The van der Waals surface area contributed by atoms with Gasteiger partial charge in [-0.05, 0) is 45.0 Å². The highest BCUT2D eigenvalue weighted by Crippen LogP contribution is 2.21. The monoisotopic (exact) mass is 334 g/mol. The normalized spacial score (nSPS) is 11.8. The Morgan fingerprint density at radius 3 is 2.65 bits per heavy atom. The van der Waals surface area contributed by atoms with Crippen molar-refractivity contribution >= 4 is 29.1 Å². The second-order valence-corrected chi connectivity index (χ2v) is 5.90. The summed E-state index contributed by atoms with van der Waals surface area (Å²) in [5, 5.41) is 12.8. The molecule has 1 heterocycles. The van der Waals surface area contributed by atoms with E-state index in [-0.39, 0.29) is 17.9 Å². The molecule has 0 aliphatic carbocycles. The van der Waals surface area contributed by atoms with Crippen molar-refractivity contribution in [2.24, 2.45) is 0 Å². The Morgan fingerprint density at radius 1 is 1.35 bits per heavy atom. The molecule has 6 nitrogen and oxygen atoms in total. The van der Waals surface area contributed by atoms with Gasteiger partial charge in [-0.1, -0.05) is 11.6 Å². The lowest BCUT2D eigenvalue weighted by Gasteiger charge is -2.14. The van der Waals surface area contributed by atoms with Crippen LogP contribution in [-0.4, -0.2) is 28.1 Å². The third kappa shape index (κ3) is 4.82. The van der Waals surface area contributed by atoms with E-state index in [1.165, 1.54) is 6.92 Å². The Labute approximate surface area is 139 Å². The number of halogens is 1. The predicted octanol–water partition coefficient (Wildman–Crippen LogP) is 3.33. The van der Waals surface area contributed by atoms with Crippen LogP contribution in [-0.2, 0) is 6.42 Å². The number of nitrogens with one attached hydrogen (secondary N) is 3. The zero-order valence-electron chi connectivity index (χ0n) is 13.2. The number of Topliss-reactive ketones (excluding diaryl/α,β-unsaturated/α-hetero) is 1. The smallest absolute Gasteiger partial charge is 0.319 e. The lowest BCUT2D eigenvalue weighted by atomic mass is 10.1. The number of amides is 2. The number of carbonyl (C=O) groups is 2. The number of aryl methyl sites for hydroxylation is 1. The second-order valence-electron chi connectivity index (χ2n) is 5.50. The summed E-state index contributed by atoms with van der Waals surface area (Å²) in [4.78, 5) is 23.3.